The first kappa shape index (κ1) is 20.2. The van der Waals surface area contributed by atoms with Gasteiger partial charge in [0.25, 0.3) is 5.56 Å². The van der Waals surface area contributed by atoms with E-state index in [2.05, 4.69) is 27.4 Å². The number of benzene rings is 1. The summed E-state index contributed by atoms with van der Waals surface area (Å²) in [5.74, 6) is 2.21. The summed E-state index contributed by atoms with van der Waals surface area (Å²) in [6.45, 7) is 4.32. The summed E-state index contributed by atoms with van der Waals surface area (Å²) >= 11 is 0. The van der Waals surface area contributed by atoms with Gasteiger partial charge in [0.15, 0.2) is 6.04 Å². The minimum Gasteiger partial charge on any atom is -0.497 e. The Labute approximate surface area is 181 Å². The van der Waals surface area contributed by atoms with Crippen LogP contribution in [0.4, 0.5) is 0 Å². The lowest BCUT2D eigenvalue weighted by Crippen LogP contribution is -3.14. The Morgan fingerprint density at radius 3 is 2.81 bits per heavy atom. The van der Waals surface area contributed by atoms with Crippen LogP contribution in [0.25, 0.3) is 10.9 Å². The Bertz CT molecular complexity index is 1120. The molecular weight excluding hydrogens is 392 g/mol. The van der Waals surface area contributed by atoms with Gasteiger partial charge in [-0.1, -0.05) is 19.8 Å². The molecule has 0 bridgehead atoms. The molecule has 2 fully saturated rings. The van der Waals surface area contributed by atoms with Crippen LogP contribution < -0.4 is 15.2 Å². The maximum atomic E-state index is 13.3. The van der Waals surface area contributed by atoms with E-state index in [1.54, 1.807) is 7.11 Å². The lowest BCUT2D eigenvalue weighted by Gasteiger charge is -2.33. The van der Waals surface area contributed by atoms with Crippen molar-refractivity contribution in [3.63, 3.8) is 0 Å². The number of nitrogens with one attached hydrogen (secondary N) is 2. The molecule has 1 unspecified atom stereocenters. The second kappa shape index (κ2) is 8.42. The summed E-state index contributed by atoms with van der Waals surface area (Å²) in [6.07, 6.45) is 6.99. The highest BCUT2D eigenvalue weighted by Crippen LogP contribution is 2.31. The van der Waals surface area contributed by atoms with Gasteiger partial charge in [-0.2, -0.15) is 0 Å². The first-order valence-corrected chi connectivity index (χ1v) is 11.5. The summed E-state index contributed by atoms with van der Waals surface area (Å²) in [7, 11) is 1.66. The quantitative estimate of drug-likeness (QED) is 0.656. The highest BCUT2D eigenvalue weighted by molar-refractivity contribution is 5.80. The number of tetrazole rings is 1. The molecule has 1 aliphatic carbocycles. The first-order chi connectivity index (χ1) is 15.1. The zero-order valence-electron chi connectivity index (χ0n) is 18.3. The number of piperidine rings is 1. The number of aromatic nitrogens is 5. The molecule has 31 heavy (non-hydrogen) atoms. The molecule has 1 aromatic carbocycles. The van der Waals surface area contributed by atoms with Crippen LogP contribution in [0.2, 0.25) is 0 Å². The van der Waals surface area contributed by atoms with Gasteiger partial charge < -0.3 is 14.6 Å². The third kappa shape index (κ3) is 3.84. The van der Waals surface area contributed by atoms with Crippen LogP contribution in [0.3, 0.4) is 0 Å². The number of nitrogens with zero attached hydrogens (tertiary/aromatic N) is 4. The molecule has 3 heterocycles. The number of hydrogen-bond donors (Lipinski definition) is 2. The van der Waals surface area contributed by atoms with Crippen molar-refractivity contribution in [2.75, 3.05) is 20.2 Å². The predicted octanol–water partition coefficient (Wildman–Crippen LogP) is 2.04. The average Bonchev–Trinajstić information content (AvgIpc) is 3.46. The standard InChI is InChI=1S/C23H30N6O2/c1-15-6-5-11-28(14-15)21(22-25-26-27-29(22)17-7-3-4-8-17)19-13-16-12-18(31-2)9-10-20(16)24-23(19)30/h9-10,12-13,15,17,21H,3-8,11,14H2,1-2H3,(H,24,30)/p+1/t15-,21+/m1/s1. The van der Waals surface area contributed by atoms with Gasteiger partial charge in [0.05, 0.1) is 31.8 Å². The minimum atomic E-state index is -0.183. The van der Waals surface area contributed by atoms with Gasteiger partial charge >= 0.3 is 0 Å². The maximum absolute atomic E-state index is 13.3. The smallest absolute Gasteiger partial charge is 0.258 e. The highest BCUT2D eigenvalue weighted by atomic mass is 16.5. The average molecular weight is 424 g/mol. The Hall–Kier alpha value is -2.74. The van der Waals surface area contributed by atoms with Crippen molar-refractivity contribution in [2.45, 2.75) is 57.5 Å². The highest BCUT2D eigenvalue weighted by Gasteiger charge is 2.38. The molecule has 0 spiro atoms. The SMILES string of the molecule is COc1ccc2[nH]c(=O)c([C@@H](c3nnnn3C3CCCC3)[NH+]3CCC[C@@H](C)C3)cc2c1. The fourth-order valence-electron chi connectivity index (χ4n) is 5.48. The number of rotatable bonds is 5. The fourth-order valence-corrected chi connectivity index (χ4v) is 5.48. The van der Waals surface area contributed by atoms with E-state index in [1.165, 1.54) is 24.2 Å². The molecule has 1 saturated heterocycles. The van der Waals surface area contributed by atoms with Gasteiger partial charge in [0, 0.05) is 16.8 Å². The summed E-state index contributed by atoms with van der Waals surface area (Å²) < 4.78 is 7.42. The molecule has 5 rings (SSSR count). The molecule has 1 saturated carbocycles. The third-order valence-corrected chi connectivity index (χ3v) is 7.05. The molecule has 164 valence electrons. The summed E-state index contributed by atoms with van der Waals surface area (Å²) in [5.41, 5.74) is 1.49. The molecule has 8 heteroatoms. The number of methoxy groups -OCH3 is 1. The summed E-state index contributed by atoms with van der Waals surface area (Å²) in [6, 6.07) is 7.90. The molecule has 2 aromatic heterocycles. The van der Waals surface area contributed by atoms with Crippen molar-refractivity contribution in [2.24, 2.45) is 5.92 Å². The topological polar surface area (TPSA) is 90.1 Å². The van der Waals surface area contributed by atoms with Gasteiger partial charge in [0.2, 0.25) is 5.82 Å². The normalized spacial score (nSPS) is 23.3. The number of H-pyrrole nitrogens is 1. The van der Waals surface area contributed by atoms with Crippen LogP contribution in [0.15, 0.2) is 29.1 Å². The number of aromatic amines is 1. The van der Waals surface area contributed by atoms with Crippen molar-refractivity contribution in [1.82, 2.24) is 25.2 Å². The molecular formula is C23H31N6O2+. The Balaban J connectivity index is 1.65. The van der Waals surface area contributed by atoms with Crippen molar-refractivity contribution in [1.29, 1.82) is 0 Å². The van der Waals surface area contributed by atoms with E-state index in [4.69, 9.17) is 4.74 Å². The Morgan fingerprint density at radius 2 is 2.03 bits per heavy atom. The zero-order chi connectivity index (χ0) is 21.4. The predicted molar refractivity (Wildman–Crippen MR) is 117 cm³/mol. The number of fused-ring (bicyclic) bond motifs is 1. The molecule has 3 aromatic rings. The minimum absolute atomic E-state index is 0.0608. The summed E-state index contributed by atoms with van der Waals surface area (Å²) in [5, 5.41) is 13.9. The molecule has 1 aliphatic heterocycles. The van der Waals surface area contributed by atoms with E-state index in [-0.39, 0.29) is 11.6 Å². The van der Waals surface area contributed by atoms with Crippen LogP contribution in [-0.2, 0) is 0 Å². The molecule has 0 radical (unpaired) electrons. The van der Waals surface area contributed by atoms with Crippen LogP contribution in [0.1, 0.15) is 68.9 Å². The van der Waals surface area contributed by atoms with Crippen molar-refractivity contribution in [3.05, 3.63) is 46.0 Å². The first-order valence-electron chi connectivity index (χ1n) is 11.5. The Kier molecular flexibility index (Phi) is 5.48. The van der Waals surface area contributed by atoms with Gasteiger partial charge in [-0.05, 0) is 60.4 Å². The van der Waals surface area contributed by atoms with Crippen LogP contribution in [0.5, 0.6) is 5.75 Å². The molecule has 2 aliphatic rings. The maximum Gasteiger partial charge on any atom is 0.258 e. The Morgan fingerprint density at radius 1 is 1.19 bits per heavy atom. The number of hydrogen-bond acceptors (Lipinski definition) is 5. The van der Waals surface area contributed by atoms with Gasteiger partial charge in [0.1, 0.15) is 5.75 Å². The lowest BCUT2D eigenvalue weighted by molar-refractivity contribution is -0.934. The number of likely N-dealkylation sites (tertiary alicyclic amines) is 1. The molecule has 2 N–H and O–H groups in total. The van der Waals surface area contributed by atoms with E-state index in [0.29, 0.717) is 12.0 Å². The van der Waals surface area contributed by atoms with Crippen molar-refractivity contribution in [3.8, 4) is 5.75 Å². The molecule has 3 atom stereocenters. The van der Waals surface area contributed by atoms with E-state index in [0.717, 1.165) is 60.4 Å². The van der Waals surface area contributed by atoms with Gasteiger partial charge in [-0.15, -0.1) is 5.10 Å². The van der Waals surface area contributed by atoms with Gasteiger partial charge in [-0.3, -0.25) is 4.79 Å². The molecule has 8 nitrogen and oxygen atoms in total. The molecule has 0 amide bonds. The second-order valence-electron chi connectivity index (χ2n) is 9.22. The second-order valence-corrected chi connectivity index (χ2v) is 9.22. The number of ether oxygens (including phenoxy) is 1. The largest absolute Gasteiger partial charge is 0.497 e. The van der Waals surface area contributed by atoms with E-state index in [1.807, 2.05) is 28.9 Å². The lowest BCUT2D eigenvalue weighted by atomic mass is 9.95. The number of pyridine rings is 1. The van der Waals surface area contributed by atoms with Crippen LogP contribution in [0, 0.1) is 5.92 Å². The summed E-state index contributed by atoms with van der Waals surface area (Å²) in [4.78, 5) is 17.8. The van der Waals surface area contributed by atoms with E-state index >= 15 is 0 Å². The van der Waals surface area contributed by atoms with Crippen molar-refractivity contribution < 1.29 is 9.64 Å². The third-order valence-electron chi connectivity index (χ3n) is 7.05. The fraction of sp³-hybridized carbons (Fsp3) is 0.565. The van der Waals surface area contributed by atoms with Crippen LogP contribution >= 0.6 is 0 Å². The van der Waals surface area contributed by atoms with Crippen LogP contribution in [-0.4, -0.2) is 45.4 Å². The zero-order valence-corrected chi connectivity index (χ0v) is 18.3. The number of quaternary nitrogens is 1. The van der Waals surface area contributed by atoms with E-state index < -0.39 is 0 Å². The van der Waals surface area contributed by atoms with Crippen molar-refractivity contribution >= 4 is 10.9 Å². The van der Waals surface area contributed by atoms with Gasteiger partial charge in [-0.25, -0.2) is 4.68 Å². The van der Waals surface area contributed by atoms with E-state index in [9.17, 15) is 4.79 Å². The monoisotopic (exact) mass is 423 g/mol.